The summed E-state index contributed by atoms with van der Waals surface area (Å²) in [5.74, 6) is -6.03. The number of ether oxygens (including phenoxy) is 1. The third-order valence-corrected chi connectivity index (χ3v) is 1.60. The number of carbonyl (C=O) groups is 4. The summed E-state index contributed by atoms with van der Waals surface area (Å²) in [4.78, 5) is 42.3. The zero-order valence-electron chi connectivity index (χ0n) is 8.30. The zero-order chi connectivity index (χ0) is 12.9. The summed E-state index contributed by atoms with van der Waals surface area (Å²) in [6.07, 6.45) is -2.23. The Labute approximate surface area is 146 Å². The van der Waals surface area contributed by atoms with Gasteiger partial charge in [-0.3, -0.25) is 14.4 Å². The maximum atomic E-state index is 10.8. The van der Waals surface area contributed by atoms with Gasteiger partial charge in [-0.05, 0) is 0 Å². The molecule has 0 bridgehead atoms. The Morgan fingerprint density at radius 1 is 0.944 bits per heavy atom. The van der Waals surface area contributed by atoms with Gasteiger partial charge in [0.05, 0.1) is 12.8 Å². The number of carboxylic acids is 3. The molecule has 0 heterocycles. The van der Waals surface area contributed by atoms with Gasteiger partial charge < -0.3 is 20.1 Å². The van der Waals surface area contributed by atoms with Crippen LogP contribution in [0.5, 0.6) is 0 Å². The number of esters is 1. The van der Waals surface area contributed by atoms with E-state index in [1.54, 1.807) is 0 Å². The number of carbonyl (C=O) groups excluding carboxylic acids is 1. The Morgan fingerprint density at radius 3 is 1.44 bits per heavy atom. The van der Waals surface area contributed by atoms with Gasteiger partial charge in [0.25, 0.3) is 0 Å². The number of hydrogen-bond donors (Lipinski definition) is 3. The summed E-state index contributed by atoms with van der Waals surface area (Å²) < 4.78 is 4.32. The van der Waals surface area contributed by atoms with Crippen LogP contribution in [0.15, 0.2) is 0 Å². The van der Waals surface area contributed by atoms with Gasteiger partial charge in [0.15, 0.2) is 0 Å². The van der Waals surface area contributed by atoms with Crippen molar-refractivity contribution in [2.24, 2.45) is 0 Å². The fourth-order valence-corrected chi connectivity index (χ4v) is 1.09. The second-order valence-electron chi connectivity index (χ2n) is 3.03. The van der Waals surface area contributed by atoms with Gasteiger partial charge in [-0.1, -0.05) is 0 Å². The quantitative estimate of drug-likeness (QED) is 0.376. The van der Waals surface area contributed by atoms with E-state index < -0.39 is 42.3 Å². The molecular formula is C8H12Na2O8. The monoisotopic (exact) mass is 282 g/mol. The van der Waals surface area contributed by atoms with Crippen molar-refractivity contribution in [1.29, 1.82) is 0 Å². The summed E-state index contributed by atoms with van der Waals surface area (Å²) in [7, 11) is 0. The molecule has 0 spiro atoms. The van der Waals surface area contributed by atoms with Crippen molar-refractivity contribution in [1.82, 2.24) is 0 Å². The number of aliphatic carboxylic acids is 3. The van der Waals surface area contributed by atoms with Crippen molar-refractivity contribution in [3.63, 3.8) is 0 Å². The van der Waals surface area contributed by atoms with E-state index in [-0.39, 0.29) is 59.1 Å². The second kappa shape index (κ2) is 9.76. The van der Waals surface area contributed by atoms with Crippen LogP contribution in [-0.2, 0) is 23.9 Å². The van der Waals surface area contributed by atoms with Crippen molar-refractivity contribution in [2.75, 3.05) is 0 Å². The number of rotatable bonds is 6. The molecule has 0 saturated carbocycles. The van der Waals surface area contributed by atoms with Crippen molar-refractivity contribution in [3.8, 4) is 0 Å². The molecule has 0 fully saturated rings. The predicted molar refractivity (Wildman–Crippen MR) is 60.9 cm³/mol. The van der Waals surface area contributed by atoms with E-state index in [2.05, 4.69) is 4.74 Å². The van der Waals surface area contributed by atoms with E-state index in [0.717, 1.165) is 6.92 Å². The summed E-state index contributed by atoms with van der Waals surface area (Å²) in [5.41, 5.74) is -2.57. The van der Waals surface area contributed by atoms with Crippen LogP contribution in [-0.4, -0.2) is 104 Å². The Bertz CT molecular complexity index is 299. The minimum absolute atomic E-state index is 0. The van der Waals surface area contributed by atoms with Gasteiger partial charge in [0, 0.05) is 6.92 Å². The Hall–Kier alpha value is -0.120. The molecule has 94 valence electrons. The number of hydrogen-bond acceptors (Lipinski definition) is 5. The molecule has 0 aromatic heterocycles. The first kappa shape index (κ1) is 23.0. The van der Waals surface area contributed by atoms with Crippen LogP contribution in [0.1, 0.15) is 19.8 Å². The summed E-state index contributed by atoms with van der Waals surface area (Å²) in [6.45, 7) is 0.862. The first-order chi connectivity index (χ1) is 7.19. The first-order valence-corrected chi connectivity index (χ1v) is 4.06. The van der Waals surface area contributed by atoms with E-state index in [0.29, 0.717) is 0 Å². The molecule has 10 heteroatoms. The summed E-state index contributed by atoms with van der Waals surface area (Å²) in [6, 6.07) is 0. The third-order valence-electron chi connectivity index (χ3n) is 1.60. The molecule has 0 rings (SSSR count). The van der Waals surface area contributed by atoms with Crippen LogP contribution in [0.25, 0.3) is 0 Å². The molecule has 0 aliphatic rings. The van der Waals surface area contributed by atoms with Crippen molar-refractivity contribution in [3.05, 3.63) is 0 Å². The van der Waals surface area contributed by atoms with Crippen LogP contribution in [0.3, 0.4) is 0 Å². The molecule has 0 aromatic rings. The van der Waals surface area contributed by atoms with Gasteiger partial charge >= 0.3 is 83.0 Å². The molecule has 3 N–H and O–H groups in total. The second-order valence-corrected chi connectivity index (χ2v) is 3.03. The van der Waals surface area contributed by atoms with Gasteiger partial charge in [-0.2, -0.15) is 0 Å². The molecule has 0 aromatic carbocycles. The maximum absolute atomic E-state index is 10.8. The summed E-state index contributed by atoms with van der Waals surface area (Å²) >= 11 is 0. The fourth-order valence-electron chi connectivity index (χ4n) is 1.09. The van der Waals surface area contributed by atoms with E-state index in [9.17, 15) is 19.2 Å². The topological polar surface area (TPSA) is 138 Å². The number of carboxylic acid groups (broad SMARTS) is 3. The predicted octanol–water partition coefficient (Wildman–Crippen LogP) is -1.97. The zero-order valence-corrected chi connectivity index (χ0v) is 8.30. The van der Waals surface area contributed by atoms with Crippen LogP contribution in [0, 0.1) is 0 Å². The molecule has 0 aliphatic heterocycles. The average Bonchev–Trinajstić information content (AvgIpc) is 1.98. The van der Waals surface area contributed by atoms with Gasteiger partial charge in [-0.15, -0.1) is 0 Å². The first-order valence-electron chi connectivity index (χ1n) is 4.06. The van der Waals surface area contributed by atoms with Crippen LogP contribution < -0.4 is 0 Å². The summed E-state index contributed by atoms with van der Waals surface area (Å²) in [5, 5.41) is 25.7. The Morgan fingerprint density at radius 2 is 1.28 bits per heavy atom. The van der Waals surface area contributed by atoms with Crippen LogP contribution in [0.2, 0.25) is 0 Å². The molecule has 0 amide bonds. The van der Waals surface area contributed by atoms with E-state index in [4.69, 9.17) is 15.3 Å². The standard InChI is InChI=1S/C8H10O8.2Na.2H/c1-4(9)16-8(7(14)15,2-5(10)11)3-6(12)13;;;;/h2-3H2,1H3,(H,10,11)(H,12,13)(H,14,15);;;;. The van der Waals surface area contributed by atoms with Crippen LogP contribution >= 0.6 is 0 Å². The van der Waals surface area contributed by atoms with Crippen LogP contribution in [0.4, 0.5) is 0 Å². The van der Waals surface area contributed by atoms with Gasteiger partial charge in [0.2, 0.25) is 5.60 Å². The Balaban J connectivity index is -0.00000112. The molecule has 0 saturated heterocycles. The van der Waals surface area contributed by atoms with Crippen molar-refractivity contribution < 1.29 is 39.2 Å². The normalized spacial score (nSPS) is 9.39. The molecular weight excluding hydrogens is 270 g/mol. The Kier molecular flexibility index (Phi) is 12.5. The van der Waals surface area contributed by atoms with E-state index in [1.165, 1.54) is 0 Å². The molecule has 0 aliphatic carbocycles. The third kappa shape index (κ3) is 8.06. The minimum atomic E-state index is -2.57. The van der Waals surface area contributed by atoms with E-state index >= 15 is 0 Å². The SMILES string of the molecule is CC(=O)OC(CC(=O)O)(CC(=O)O)C(=O)O.[NaH].[NaH]. The average molecular weight is 282 g/mol. The fraction of sp³-hybridized carbons (Fsp3) is 0.500. The van der Waals surface area contributed by atoms with Crippen molar-refractivity contribution >= 4 is 83.0 Å². The van der Waals surface area contributed by atoms with Crippen molar-refractivity contribution in [2.45, 2.75) is 25.4 Å². The van der Waals surface area contributed by atoms with E-state index in [1.807, 2.05) is 0 Å². The van der Waals surface area contributed by atoms with Gasteiger partial charge in [0.1, 0.15) is 0 Å². The molecule has 8 nitrogen and oxygen atoms in total. The molecule has 0 atom stereocenters. The molecule has 0 unspecified atom stereocenters. The molecule has 18 heavy (non-hydrogen) atoms. The molecule has 0 radical (unpaired) electrons. The van der Waals surface area contributed by atoms with Gasteiger partial charge in [-0.25, -0.2) is 4.79 Å².